The van der Waals surface area contributed by atoms with Gasteiger partial charge in [0.05, 0.1) is 4.90 Å². The smallest absolute Gasteiger partial charge is 0.337 e. The molecule has 7 heteroatoms. The van der Waals surface area contributed by atoms with Gasteiger partial charge in [-0.1, -0.05) is 18.2 Å². The fourth-order valence-corrected chi connectivity index (χ4v) is 5.29. The van der Waals surface area contributed by atoms with Crippen molar-refractivity contribution in [2.24, 2.45) is 0 Å². The molecule has 1 heterocycles. The Bertz CT molecular complexity index is 535. The van der Waals surface area contributed by atoms with E-state index in [0.29, 0.717) is 12.3 Å². The first-order chi connectivity index (χ1) is 8.51. The maximum absolute atomic E-state index is 12.5. The highest BCUT2D eigenvalue weighted by Gasteiger charge is 2.53. The second-order valence-corrected chi connectivity index (χ2v) is 7.73. The third-order valence-corrected chi connectivity index (χ3v) is 7.07. The van der Waals surface area contributed by atoms with Gasteiger partial charge >= 0.3 is 5.97 Å². The molecular weight excluding hydrogens is 274 g/mol. The zero-order valence-corrected chi connectivity index (χ0v) is 11.1. The van der Waals surface area contributed by atoms with Gasteiger partial charge in [0.1, 0.15) is 0 Å². The van der Waals surface area contributed by atoms with Gasteiger partial charge in [-0.2, -0.15) is 0 Å². The molecule has 1 aliphatic heterocycles. The summed E-state index contributed by atoms with van der Waals surface area (Å²) in [5.41, 5.74) is 0. The van der Waals surface area contributed by atoms with Gasteiger partial charge in [-0.15, -0.1) is 11.8 Å². The maximum Gasteiger partial charge on any atom is 0.337 e. The summed E-state index contributed by atoms with van der Waals surface area (Å²) in [5, 5.41) is 12.2. The number of nitrogens with one attached hydrogen (secondary N) is 1. The molecule has 1 unspecified atom stereocenters. The van der Waals surface area contributed by atoms with Gasteiger partial charge in [0, 0.05) is 18.8 Å². The van der Waals surface area contributed by atoms with Crippen molar-refractivity contribution in [3.05, 3.63) is 30.3 Å². The molecule has 0 saturated carbocycles. The molecule has 1 fully saturated rings. The second-order valence-electron chi connectivity index (χ2n) is 3.90. The molecule has 0 aromatic heterocycles. The van der Waals surface area contributed by atoms with E-state index in [1.807, 2.05) is 0 Å². The van der Waals surface area contributed by atoms with Crippen molar-refractivity contribution in [3.8, 4) is 0 Å². The summed E-state index contributed by atoms with van der Waals surface area (Å²) in [6.07, 6.45) is 0. The Kier molecular flexibility index (Phi) is 3.65. The van der Waals surface area contributed by atoms with Crippen LogP contribution in [0.4, 0.5) is 0 Å². The van der Waals surface area contributed by atoms with E-state index in [4.69, 9.17) is 0 Å². The zero-order valence-electron chi connectivity index (χ0n) is 9.50. The number of carbonyl (C=O) groups is 1. The van der Waals surface area contributed by atoms with Gasteiger partial charge in [0.25, 0.3) is 0 Å². The highest BCUT2D eigenvalue weighted by Crippen LogP contribution is 2.37. The number of sulfone groups is 1. The Morgan fingerprint density at radius 1 is 1.33 bits per heavy atom. The summed E-state index contributed by atoms with van der Waals surface area (Å²) in [6, 6.07) is 7.72. The van der Waals surface area contributed by atoms with Crippen molar-refractivity contribution in [2.45, 2.75) is 8.97 Å². The quantitative estimate of drug-likeness (QED) is 0.846. The van der Waals surface area contributed by atoms with Crippen molar-refractivity contribution in [3.63, 3.8) is 0 Å². The van der Waals surface area contributed by atoms with Gasteiger partial charge in [-0.05, 0) is 12.1 Å². The zero-order chi connectivity index (χ0) is 13.2. The van der Waals surface area contributed by atoms with Crippen molar-refractivity contribution < 1.29 is 18.3 Å². The number of hydrogen-bond acceptors (Lipinski definition) is 5. The van der Waals surface area contributed by atoms with Crippen molar-refractivity contribution in [1.29, 1.82) is 0 Å². The lowest BCUT2D eigenvalue weighted by Crippen LogP contribution is -2.54. The van der Waals surface area contributed by atoms with Crippen LogP contribution in [0.3, 0.4) is 0 Å². The van der Waals surface area contributed by atoms with Crippen LogP contribution in [0, 0.1) is 0 Å². The molecule has 2 rings (SSSR count). The highest BCUT2D eigenvalue weighted by molar-refractivity contribution is 8.16. The van der Waals surface area contributed by atoms with Crippen LogP contribution in [-0.4, -0.2) is 42.4 Å². The van der Waals surface area contributed by atoms with Crippen molar-refractivity contribution >= 4 is 27.6 Å². The highest BCUT2D eigenvalue weighted by atomic mass is 32.3. The molecule has 1 aromatic carbocycles. The molecule has 1 aromatic rings. The fraction of sp³-hybridized carbons (Fsp3) is 0.364. The maximum atomic E-state index is 12.5. The molecule has 2 N–H and O–H groups in total. The van der Waals surface area contributed by atoms with E-state index < -0.39 is 19.9 Å². The summed E-state index contributed by atoms with van der Waals surface area (Å²) < 4.78 is 23.2. The number of thioether (sulfide) groups is 1. The van der Waals surface area contributed by atoms with E-state index >= 15 is 0 Å². The summed E-state index contributed by atoms with van der Waals surface area (Å²) in [5.74, 6) is -0.859. The molecule has 98 valence electrons. The lowest BCUT2D eigenvalue weighted by molar-refractivity contribution is -0.137. The molecule has 0 amide bonds. The molecule has 0 bridgehead atoms. The second kappa shape index (κ2) is 4.91. The number of benzene rings is 1. The molecule has 5 nitrogen and oxygen atoms in total. The first-order valence-electron chi connectivity index (χ1n) is 5.38. The summed E-state index contributed by atoms with van der Waals surface area (Å²) in [7, 11) is -3.92. The molecule has 0 aliphatic carbocycles. The van der Waals surface area contributed by atoms with Gasteiger partial charge in [0.15, 0.2) is 0 Å². The van der Waals surface area contributed by atoms with Crippen molar-refractivity contribution in [2.75, 3.05) is 18.8 Å². The average Bonchev–Trinajstić information content (AvgIpc) is 2.40. The first-order valence-corrected chi connectivity index (χ1v) is 7.85. The van der Waals surface area contributed by atoms with E-state index in [1.165, 1.54) is 12.1 Å². The molecule has 1 saturated heterocycles. The van der Waals surface area contributed by atoms with E-state index in [1.54, 1.807) is 18.2 Å². The molecular formula is C11H13NO4S2. The average molecular weight is 287 g/mol. The Morgan fingerprint density at radius 3 is 2.50 bits per heavy atom. The number of rotatable bonds is 3. The third kappa shape index (κ3) is 2.02. The van der Waals surface area contributed by atoms with Gasteiger partial charge in [-0.25, -0.2) is 13.2 Å². The molecule has 1 atom stereocenters. The normalized spacial score (nSPS) is 24.7. The van der Waals surface area contributed by atoms with E-state index in [0.717, 1.165) is 11.8 Å². The summed E-state index contributed by atoms with van der Waals surface area (Å²) in [6.45, 7) is 0.536. The van der Waals surface area contributed by atoms with E-state index in [9.17, 15) is 18.3 Å². The number of hydrogen-bond donors (Lipinski definition) is 2. The molecule has 1 aliphatic rings. The predicted octanol–water partition coefficient (Wildman–Crippen LogP) is 0.578. The van der Waals surface area contributed by atoms with Gasteiger partial charge in [-0.3, -0.25) is 0 Å². The Morgan fingerprint density at radius 2 is 2.00 bits per heavy atom. The van der Waals surface area contributed by atoms with E-state index in [2.05, 4.69) is 5.32 Å². The van der Waals surface area contributed by atoms with Crippen LogP contribution in [0.5, 0.6) is 0 Å². The largest absolute Gasteiger partial charge is 0.479 e. The summed E-state index contributed by atoms with van der Waals surface area (Å²) in [4.78, 5) is 11.5. The molecule has 0 radical (unpaired) electrons. The first kappa shape index (κ1) is 13.4. The fourth-order valence-electron chi connectivity index (χ4n) is 1.81. The van der Waals surface area contributed by atoms with Crippen molar-refractivity contribution in [1.82, 2.24) is 5.32 Å². The van der Waals surface area contributed by atoms with Crippen LogP contribution in [0.25, 0.3) is 0 Å². The van der Waals surface area contributed by atoms with Crippen LogP contribution < -0.4 is 5.32 Å². The third-order valence-electron chi connectivity index (χ3n) is 2.79. The van der Waals surface area contributed by atoms with E-state index in [-0.39, 0.29) is 11.4 Å². The Hall–Kier alpha value is -1.05. The van der Waals surface area contributed by atoms with Crippen LogP contribution in [-0.2, 0) is 14.6 Å². The molecule has 0 spiro atoms. The minimum Gasteiger partial charge on any atom is -0.479 e. The monoisotopic (exact) mass is 287 g/mol. The van der Waals surface area contributed by atoms with Crippen LogP contribution in [0.2, 0.25) is 0 Å². The number of carboxylic acid groups (broad SMARTS) is 1. The predicted molar refractivity (Wildman–Crippen MR) is 69.3 cm³/mol. The van der Waals surface area contributed by atoms with Crippen LogP contribution >= 0.6 is 11.8 Å². The minimum atomic E-state index is -3.92. The number of aliphatic carboxylic acids is 1. The Labute approximate surface area is 110 Å². The Balaban J connectivity index is 2.52. The topological polar surface area (TPSA) is 83.5 Å². The number of carboxylic acids is 1. The van der Waals surface area contributed by atoms with Gasteiger partial charge in [0.2, 0.25) is 13.9 Å². The molecule has 18 heavy (non-hydrogen) atoms. The standard InChI is InChI=1S/C11H13NO4S2/c13-10(14)11(8-12-6-7-17-11)18(15,16)9-4-2-1-3-5-9/h1-5,12H,6-8H2,(H,13,14). The lowest BCUT2D eigenvalue weighted by Gasteiger charge is -2.32. The van der Waals surface area contributed by atoms with Crippen LogP contribution in [0.1, 0.15) is 0 Å². The summed E-state index contributed by atoms with van der Waals surface area (Å²) >= 11 is 0.971. The van der Waals surface area contributed by atoms with Crippen LogP contribution in [0.15, 0.2) is 35.2 Å². The minimum absolute atomic E-state index is 0.0450. The lowest BCUT2D eigenvalue weighted by atomic mass is 10.4. The van der Waals surface area contributed by atoms with Gasteiger partial charge < -0.3 is 10.4 Å². The SMILES string of the molecule is O=C(O)C1(S(=O)(=O)c2ccccc2)CNCCS1.